The average Bonchev–Trinajstić information content (AvgIpc) is 3.18. The van der Waals surface area contributed by atoms with E-state index < -0.39 is 5.91 Å². The molecule has 1 amide bonds. The lowest BCUT2D eigenvalue weighted by Crippen LogP contribution is -2.34. The summed E-state index contributed by atoms with van der Waals surface area (Å²) in [7, 11) is 1.41. The Morgan fingerprint density at radius 3 is 2.50 bits per heavy atom. The first-order valence-corrected chi connectivity index (χ1v) is 11.6. The molecule has 34 heavy (non-hydrogen) atoms. The van der Waals surface area contributed by atoms with Crippen molar-refractivity contribution in [2.24, 2.45) is 0 Å². The average molecular weight is 555 g/mol. The van der Waals surface area contributed by atoms with Crippen LogP contribution in [-0.2, 0) is 0 Å². The summed E-state index contributed by atoms with van der Waals surface area (Å²) >= 11 is 29.8. The zero-order valence-corrected chi connectivity index (χ0v) is 21.5. The molecule has 4 aromatic rings. The highest BCUT2D eigenvalue weighted by Crippen LogP contribution is 2.35. The number of benzene rings is 3. The molecule has 1 aromatic heterocycles. The minimum atomic E-state index is -0.530. The molecule has 2 N–H and O–H groups in total. The lowest BCUT2D eigenvalue weighted by Gasteiger charge is -2.15. The molecule has 0 bridgehead atoms. The van der Waals surface area contributed by atoms with E-state index in [-0.39, 0.29) is 26.5 Å². The molecule has 3 aromatic carbocycles. The number of oxazole rings is 1. The van der Waals surface area contributed by atoms with Crippen molar-refractivity contribution in [3.63, 3.8) is 0 Å². The second-order valence-electron chi connectivity index (χ2n) is 7.11. The van der Waals surface area contributed by atoms with E-state index in [0.29, 0.717) is 38.3 Å². The molecule has 0 unspecified atom stereocenters. The lowest BCUT2D eigenvalue weighted by atomic mass is 10.1. The monoisotopic (exact) mass is 553 g/mol. The van der Waals surface area contributed by atoms with Crippen molar-refractivity contribution in [1.29, 1.82) is 0 Å². The summed E-state index contributed by atoms with van der Waals surface area (Å²) in [5.74, 6) is 0.0332. The highest BCUT2D eigenvalue weighted by Gasteiger charge is 2.19. The third-order valence-corrected chi connectivity index (χ3v) is 6.11. The third kappa shape index (κ3) is 4.94. The van der Waals surface area contributed by atoms with Gasteiger partial charge in [0.25, 0.3) is 5.91 Å². The number of nitrogens with zero attached hydrogens (tertiary/aromatic N) is 1. The van der Waals surface area contributed by atoms with Gasteiger partial charge in [-0.25, -0.2) is 4.98 Å². The van der Waals surface area contributed by atoms with Gasteiger partial charge in [0.2, 0.25) is 5.89 Å². The van der Waals surface area contributed by atoms with Gasteiger partial charge in [0, 0.05) is 21.3 Å². The molecule has 6 nitrogen and oxygen atoms in total. The number of ether oxygens (including phenoxy) is 1. The van der Waals surface area contributed by atoms with Gasteiger partial charge < -0.3 is 14.5 Å². The number of halogens is 4. The first-order valence-electron chi connectivity index (χ1n) is 9.69. The second kappa shape index (κ2) is 9.98. The Labute approximate surface area is 220 Å². The number of thiocarbonyl (C=S) groups is 1. The maximum atomic E-state index is 12.8. The van der Waals surface area contributed by atoms with E-state index in [2.05, 4.69) is 15.6 Å². The maximum absolute atomic E-state index is 12.8. The number of carbonyl (C=O) groups is 1. The summed E-state index contributed by atoms with van der Waals surface area (Å²) in [6.07, 6.45) is 0. The number of rotatable bonds is 4. The van der Waals surface area contributed by atoms with E-state index in [9.17, 15) is 4.79 Å². The predicted octanol–water partition coefficient (Wildman–Crippen LogP) is 7.55. The Balaban J connectivity index is 1.58. The summed E-state index contributed by atoms with van der Waals surface area (Å²) in [6, 6.07) is 11.7. The molecule has 0 aliphatic rings. The molecule has 0 saturated carbocycles. The van der Waals surface area contributed by atoms with Gasteiger partial charge in [-0.2, -0.15) is 0 Å². The fourth-order valence-corrected chi connectivity index (χ4v) is 4.63. The summed E-state index contributed by atoms with van der Waals surface area (Å²) in [4.78, 5) is 17.3. The van der Waals surface area contributed by atoms with Gasteiger partial charge in [0.15, 0.2) is 10.7 Å². The van der Waals surface area contributed by atoms with Crippen molar-refractivity contribution in [1.82, 2.24) is 10.3 Å². The van der Waals surface area contributed by atoms with Crippen LogP contribution < -0.4 is 15.4 Å². The molecule has 0 saturated heterocycles. The molecule has 174 valence electrons. The number of hydrogen-bond donors (Lipinski definition) is 2. The van der Waals surface area contributed by atoms with E-state index in [1.807, 2.05) is 13.0 Å². The molecule has 0 aliphatic heterocycles. The summed E-state index contributed by atoms with van der Waals surface area (Å²) in [5, 5.41) is 7.02. The molecular formula is C23H15Cl4N3O3S. The van der Waals surface area contributed by atoms with Gasteiger partial charge in [-0.15, -0.1) is 0 Å². The van der Waals surface area contributed by atoms with Gasteiger partial charge in [0.05, 0.1) is 22.7 Å². The van der Waals surface area contributed by atoms with Gasteiger partial charge in [0.1, 0.15) is 11.3 Å². The molecule has 1 heterocycles. The highest BCUT2D eigenvalue weighted by molar-refractivity contribution is 7.80. The van der Waals surface area contributed by atoms with Crippen LogP contribution in [0.3, 0.4) is 0 Å². The second-order valence-corrected chi connectivity index (χ2v) is 9.21. The van der Waals surface area contributed by atoms with E-state index in [1.54, 1.807) is 24.3 Å². The first kappa shape index (κ1) is 24.6. The summed E-state index contributed by atoms with van der Waals surface area (Å²) in [6.45, 7) is 1.87. The molecular weight excluding hydrogens is 540 g/mol. The number of anilines is 1. The normalized spacial score (nSPS) is 10.9. The van der Waals surface area contributed by atoms with E-state index in [4.69, 9.17) is 67.8 Å². The highest BCUT2D eigenvalue weighted by atomic mass is 35.5. The van der Waals surface area contributed by atoms with E-state index >= 15 is 0 Å². The quantitative estimate of drug-likeness (QED) is 0.253. The van der Waals surface area contributed by atoms with Crippen molar-refractivity contribution in [3.8, 4) is 17.2 Å². The Bertz CT molecular complexity index is 1460. The van der Waals surface area contributed by atoms with E-state index in [1.165, 1.54) is 19.2 Å². The minimum absolute atomic E-state index is 0.0655. The molecule has 11 heteroatoms. The Kier molecular flexibility index (Phi) is 7.21. The van der Waals surface area contributed by atoms with Crippen LogP contribution in [0.4, 0.5) is 5.69 Å². The van der Waals surface area contributed by atoms with Gasteiger partial charge in [-0.05, 0) is 61.1 Å². The number of fused-ring (bicyclic) bond motifs is 1. The summed E-state index contributed by atoms with van der Waals surface area (Å²) in [5.41, 5.74) is 3.28. The number of amides is 1. The fraction of sp³-hybridized carbons (Fsp3) is 0.0870. The Morgan fingerprint density at radius 1 is 1.06 bits per heavy atom. The molecule has 0 atom stereocenters. The SMILES string of the molecule is COc1c(Cl)cc(Cl)cc1C(=O)NC(=S)Nc1cccc(-c2nc3cc(Cl)cc(Cl)c3o2)c1C. The van der Waals surface area contributed by atoms with Gasteiger partial charge >= 0.3 is 0 Å². The van der Waals surface area contributed by atoms with Crippen LogP contribution in [0.15, 0.2) is 46.9 Å². The van der Waals surface area contributed by atoms with Gasteiger partial charge in [-0.3, -0.25) is 10.1 Å². The zero-order chi connectivity index (χ0) is 24.6. The third-order valence-electron chi connectivity index (χ3n) is 4.91. The zero-order valence-electron chi connectivity index (χ0n) is 17.6. The van der Waals surface area contributed by atoms with Crippen LogP contribution in [0.2, 0.25) is 20.1 Å². The minimum Gasteiger partial charge on any atom is -0.494 e. The Hall–Kier alpha value is -2.55. The Morgan fingerprint density at radius 2 is 1.76 bits per heavy atom. The van der Waals surface area contributed by atoms with Gasteiger partial charge in [-0.1, -0.05) is 52.5 Å². The van der Waals surface area contributed by atoms with Crippen LogP contribution in [0.25, 0.3) is 22.6 Å². The van der Waals surface area contributed by atoms with Crippen molar-refractivity contribution >= 4 is 86.4 Å². The number of methoxy groups -OCH3 is 1. The van der Waals surface area contributed by atoms with Crippen LogP contribution in [0, 0.1) is 6.92 Å². The molecule has 0 spiro atoms. The van der Waals surface area contributed by atoms with Crippen molar-refractivity contribution in [2.75, 3.05) is 12.4 Å². The number of aromatic nitrogens is 1. The number of carbonyl (C=O) groups excluding carboxylic acids is 1. The van der Waals surface area contributed by atoms with Crippen molar-refractivity contribution in [2.45, 2.75) is 6.92 Å². The van der Waals surface area contributed by atoms with Crippen LogP contribution in [0.1, 0.15) is 15.9 Å². The van der Waals surface area contributed by atoms with Crippen molar-refractivity contribution in [3.05, 3.63) is 73.7 Å². The van der Waals surface area contributed by atoms with Crippen LogP contribution in [0.5, 0.6) is 5.75 Å². The number of nitrogens with one attached hydrogen (secondary N) is 2. The smallest absolute Gasteiger partial charge is 0.261 e. The van der Waals surface area contributed by atoms with Crippen LogP contribution >= 0.6 is 58.6 Å². The maximum Gasteiger partial charge on any atom is 0.261 e. The molecule has 4 rings (SSSR count). The molecule has 0 radical (unpaired) electrons. The topological polar surface area (TPSA) is 76.4 Å². The molecule has 0 fully saturated rings. The van der Waals surface area contributed by atoms with Crippen LogP contribution in [-0.4, -0.2) is 23.1 Å². The predicted molar refractivity (Wildman–Crippen MR) is 141 cm³/mol. The van der Waals surface area contributed by atoms with E-state index in [0.717, 1.165) is 5.56 Å². The first-order chi connectivity index (χ1) is 16.2. The standard InChI is InChI=1S/C23H15Cl4N3O3S/c1-10-13(22-28-18-9-12(25)8-16(27)20(18)33-22)4-3-5-17(10)29-23(34)30-21(31)14-6-11(24)7-15(26)19(14)32-2/h3-9H,1-2H3,(H2,29,30,31,34). The molecule has 0 aliphatic carbocycles. The lowest BCUT2D eigenvalue weighted by molar-refractivity contribution is 0.0974. The summed E-state index contributed by atoms with van der Waals surface area (Å²) < 4.78 is 11.1. The fourth-order valence-electron chi connectivity index (χ4n) is 3.34. The largest absolute Gasteiger partial charge is 0.494 e. The number of hydrogen-bond acceptors (Lipinski definition) is 5. The van der Waals surface area contributed by atoms with Crippen molar-refractivity contribution < 1.29 is 13.9 Å².